The molecule has 1 heterocycles. The van der Waals surface area contributed by atoms with E-state index in [4.69, 9.17) is 17.3 Å². The van der Waals surface area contributed by atoms with Crippen LogP contribution in [-0.4, -0.2) is 4.98 Å². The molecule has 3 rings (SSSR count). The number of aryl methyl sites for hydroxylation is 1. The molecule has 0 unspecified atom stereocenters. The maximum absolute atomic E-state index is 6.21. The summed E-state index contributed by atoms with van der Waals surface area (Å²) in [5, 5.41) is 1.67. The zero-order valence-electron chi connectivity index (χ0n) is 9.13. The van der Waals surface area contributed by atoms with Crippen LogP contribution in [-0.2, 0) is 0 Å². The van der Waals surface area contributed by atoms with E-state index in [0.29, 0.717) is 10.9 Å². The average Bonchev–Trinajstić information content (AvgIpc) is 3.02. The number of rotatable bonds is 1. The van der Waals surface area contributed by atoms with E-state index in [1.807, 2.05) is 25.1 Å². The van der Waals surface area contributed by atoms with E-state index in [-0.39, 0.29) is 0 Å². The number of benzene rings is 1. The second-order valence-corrected chi connectivity index (χ2v) is 4.96. The van der Waals surface area contributed by atoms with Crippen molar-refractivity contribution in [2.45, 2.75) is 25.7 Å². The molecule has 1 aromatic carbocycles. The molecule has 1 aromatic heterocycles. The fourth-order valence-corrected chi connectivity index (χ4v) is 2.37. The van der Waals surface area contributed by atoms with Crippen LogP contribution in [0.4, 0.5) is 5.69 Å². The van der Waals surface area contributed by atoms with Crippen molar-refractivity contribution >= 4 is 28.2 Å². The van der Waals surface area contributed by atoms with Crippen LogP contribution in [0.2, 0.25) is 5.02 Å². The van der Waals surface area contributed by atoms with Crippen LogP contribution in [0.25, 0.3) is 10.9 Å². The van der Waals surface area contributed by atoms with Gasteiger partial charge < -0.3 is 5.73 Å². The number of nitrogens with two attached hydrogens (primary N) is 1. The molecule has 0 amide bonds. The lowest BCUT2D eigenvalue weighted by Crippen LogP contribution is -1.95. The summed E-state index contributed by atoms with van der Waals surface area (Å²) >= 11 is 6.21. The lowest BCUT2D eigenvalue weighted by Gasteiger charge is -2.08. The van der Waals surface area contributed by atoms with Crippen molar-refractivity contribution in [3.05, 3.63) is 34.5 Å². The first kappa shape index (κ1) is 9.91. The summed E-state index contributed by atoms with van der Waals surface area (Å²) in [5.41, 5.74) is 9.90. The third kappa shape index (κ3) is 1.54. The predicted octanol–water partition coefficient (Wildman–Crippen LogP) is 3.66. The highest BCUT2D eigenvalue weighted by atomic mass is 35.5. The van der Waals surface area contributed by atoms with Gasteiger partial charge in [0.2, 0.25) is 0 Å². The molecule has 1 saturated carbocycles. The summed E-state index contributed by atoms with van der Waals surface area (Å²) < 4.78 is 0. The van der Waals surface area contributed by atoms with Gasteiger partial charge in [-0.2, -0.15) is 0 Å². The van der Waals surface area contributed by atoms with Crippen LogP contribution in [0.5, 0.6) is 0 Å². The first-order valence-electron chi connectivity index (χ1n) is 5.51. The highest BCUT2D eigenvalue weighted by Crippen LogP contribution is 2.41. The second-order valence-electron chi connectivity index (χ2n) is 4.55. The minimum atomic E-state index is 0.601. The third-order valence-corrected chi connectivity index (χ3v) is 3.35. The van der Waals surface area contributed by atoms with E-state index in [9.17, 15) is 0 Å². The zero-order chi connectivity index (χ0) is 11.3. The maximum Gasteiger partial charge on any atom is 0.0912 e. The fraction of sp³-hybridized carbons (Fsp3) is 0.308. The summed E-state index contributed by atoms with van der Waals surface area (Å²) in [7, 11) is 0. The standard InChI is InChI=1S/C13H13ClN2/c1-7-4-9-11(15)6-12(8-2-3-8)16-13(9)10(14)5-7/h4-6,8H,2-3H2,1H3,(H2,15,16). The predicted molar refractivity (Wildman–Crippen MR) is 67.9 cm³/mol. The van der Waals surface area contributed by atoms with E-state index >= 15 is 0 Å². The van der Waals surface area contributed by atoms with Gasteiger partial charge in [-0.3, -0.25) is 4.98 Å². The van der Waals surface area contributed by atoms with Crippen LogP contribution in [0.3, 0.4) is 0 Å². The summed E-state index contributed by atoms with van der Waals surface area (Å²) in [6.45, 7) is 2.01. The Balaban J connectivity index is 2.32. The van der Waals surface area contributed by atoms with Gasteiger partial charge in [0.15, 0.2) is 0 Å². The molecule has 0 radical (unpaired) electrons. The van der Waals surface area contributed by atoms with Gasteiger partial charge in [-0.1, -0.05) is 11.6 Å². The number of nitrogens with zero attached hydrogens (tertiary/aromatic N) is 1. The molecule has 2 aromatic rings. The smallest absolute Gasteiger partial charge is 0.0912 e. The van der Waals surface area contributed by atoms with E-state index in [1.165, 1.54) is 12.8 Å². The molecule has 0 spiro atoms. The molecule has 1 fully saturated rings. The van der Waals surface area contributed by atoms with Gasteiger partial charge in [0.25, 0.3) is 0 Å². The quantitative estimate of drug-likeness (QED) is 0.815. The molecule has 1 aliphatic rings. The lowest BCUT2D eigenvalue weighted by atomic mass is 10.1. The first-order chi connectivity index (χ1) is 7.65. The molecule has 0 bridgehead atoms. The highest BCUT2D eigenvalue weighted by Gasteiger charge is 2.26. The first-order valence-corrected chi connectivity index (χ1v) is 5.89. The largest absolute Gasteiger partial charge is 0.398 e. The number of anilines is 1. The highest BCUT2D eigenvalue weighted by molar-refractivity contribution is 6.35. The normalized spacial score (nSPS) is 15.6. The van der Waals surface area contributed by atoms with Crippen LogP contribution in [0.1, 0.15) is 30.0 Å². The summed E-state index contributed by atoms with van der Waals surface area (Å²) in [4.78, 5) is 4.63. The summed E-state index contributed by atoms with van der Waals surface area (Å²) in [5.74, 6) is 0.601. The van der Waals surface area contributed by atoms with Gasteiger partial charge in [-0.25, -0.2) is 0 Å². The van der Waals surface area contributed by atoms with E-state index in [0.717, 1.165) is 27.8 Å². The fourth-order valence-electron chi connectivity index (χ4n) is 2.05. The van der Waals surface area contributed by atoms with Crippen molar-refractivity contribution in [1.82, 2.24) is 4.98 Å². The van der Waals surface area contributed by atoms with Crippen LogP contribution >= 0.6 is 11.6 Å². The van der Waals surface area contributed by atoms with Crippen LogP contribution < -0.4 is 5.73 Å². The SMILES string of the molecule is Cc1cc(Cl)c2nc(C3CC3)cc(N)c2c1. The van der Waals surface area contributed by atoms with Crippen molar-refractivity contribution < 1.29 is 0 Å². The van der Waals surface area contributed by atoms with Crippen molar-refractivity contribution in [2.24, 2.45) is 0 Å². The Morgan fingerprint density at radius 3 is 2.75 bits per heavy atom. The van der Waals surface area contributed by atoms with Gasteiger partial charge >= 0.3 is 0 Å². The Morgan fingerprint density at radius 2 is 2.06 bits per heavy atom. The molecular weight excluding hydrogens is 220 g/mol. The third-order valence-electron chi connectivity index (χ3n) is 3.06. The van der Waals surface area contributed by atoms with Crippen molar-refractivity contribution in [1.29, 1.82) is 0 Å². The Kier molecular flexibility index (Phi) is 2.08. The molecule has 16 heavy (non-hydrogen) atoms. The number of pyridine rings is 1. The molecule has 3 heteroatoms. The topological polar surface area (TPSA) is 38.9 Å². The minimum Gasteiger partial charge on any atom is -0.398 e. The lowest BCUT2D eigenvalue weighted by molar-refractivity contribution is 1.05. The van der Waals surface area contributed by atoms with Gasteiger partial charge in [0.1, 0.15) is 0 Å². The summed E-state index contributed by atoms with van der Waals surface area (Å²) in [6, 6.07) is 5.98. The maximum atomic E-state index is 6.21. The van der Waals surface area contributed by atoms with Gasteiger partial charge in [-0.15, -0.1) is 0 Å². The van der Waals surface area contributed by atoms with Crippen molar-refractivity contribution in [3.63, 3.8) is 0 Å². The Bertz CT molecular complexity index is 574. The second kappa shape index (κ2) is 3.36. The monoisotopic (exact) mass is 232 g/mol. The number of nitrogen functional groups attached to an aromatic ring is 1. The number of halogens is 1. The molecule has 82 valence electrons. The molecular formula is C13H13ClN2. The van der Waals surface area contributed by atoms with E-state index < -0.39 is 0 Å². The molecule has 2 N–H and O–H groups in total. The van der Waals surface area contributed by atoms with Crippen LogP contribution in [0.15, 0.2) is 18.2 Å². The molecule has 0 aliphatic heterocycles. The van der Waals surface area contributed by atoms with Crippen molar-refractivity contribution in [3.8, 4) is 0 Å². The Hall–Kier alpha value is -1.28. The number of fused-ring (bicyclic) bond motifs is 1. The Morgan fingerprint density at radius 1 is 1.31 bits per heavy atom. The van der Waals surface area contributed by atoms with E-state index in [2.05, 4.69) is 4.98 Å². The van der Waals surface area contributed by atoms with Crippen molar-refractivity contribution in [2.75, 3.05) is 5.73 Å². The zero-order valence-corrected chi connectivity index (χ0v) is 9.88. The van der Waals surface area contributed by atoms with Crippen LogP contribution in [0, 0.1) is 6.92 Å². The number of hydrogen-bond acceptors (Lipinski definition) is 2. The van der Waals surface area contributed by atoms with Gasteiger partial charge in [0.05, 0.1) is 10.5 Å². The van der Waals surface area contributed by atoms with E-state index in [1.54, 1.807) is 0 Å². The van der Waals surface area contributed by atoms with Gasteiger partial charge in [-0.05, 0) is 43.5 Å². The Labute approximate surface area is 99.4 Å². The molecule has 0 atom stereocenters. The molecule has 2 nitrogen and oxygen atoms in total. The molecule has 0 saturated heterocycles. The van der Waals surface area contributed by atoms with Gasteiger partial charge in [0, 0.05) is 22.7 Å². The minimum absolute atomic E-state index is 0.601. The number of aromatic nitrogens is 1. The summed E-state index contributed by atoms with van der Waals surface area (Å²) in [6.07, 6.45) is 2.45. The average molecular weight is 233 g/mol. The number of hydrogen-bond donors (Lipinski definition) is 1. The molecule has 1 aliphatic carbocycles.